The fraction of sp³-hybridized carbons (Fsp3) is 0.143. The molecule has 1 amide bonds. The van der Waals surface area contributed by atoms with E-state index in [1.165, 1.54) is 5.56 Å². The fourth-order valence-electron chi connectivity index (χ4n) is 4.37. The molecule has 1 aromatic heterocycles. The lowest BCUT2D eigenvalue weighted by atomic mass is 9.92. The number of anilines is 1. The maximum absolute atomic E-state index is 13.8. The second-order valence-electron chi connectivity index (χ2n) is 8.36. The van der Waals surface area contributed by atoms with Crippen LogP contribution >= 0.6 is 23.2 Å². The van der Waals surface area contributed by atoms with Gasteiger partial charge in [-0.25, -0.2) is 4.68 Å². The van der Waals surface area contributed by atoms with E-state index in [-0.39, 0.29) is 5.91 Å². The quantitative estimate of drug-likeness (QED) is 0.289. The molecule has 1 unspecified atom stereocenters. The van der Waals surface area contributed by atoms with Crippen LogP contribution < -0.4 is 10.6 Å². The molecule has 35 heavy (non-hydrogen) atoms. The number of benzene rings is 3. The van der Waals surface area contributed by atoms with Crippen LogP contribution in [0.1, 0.15) is 29.2 Å². The van der Waals surface area contributed by atoms with Gasteiger partial charge in [-0.1, -0.05) is 89.9 Å². The Morgan fingerprint density at radius 3 is 2.43 bits per heavy atom. The first kappa shape index (κ1) is 23.2. The van der Waals surface area contributed by atoms with Crippen LogP contribution in [0.4, 0.5) is 5.82 Å². The third-order valence-corrected chi connectivity index (χ3v) is 6.79. The third kappa shape index (κ3) is 4.97. The third-order valence-electron chi connectivity index (χ3n) is 6.05. The highest BCUT2D eigenvalue weighted by Gasteiger charge is 2.34. The van der Waals surface area contributed by atoms with E-state index in [2.05, 4.69) is 27.9 Å². The van der Waals surface area contributed by atoms with Crippen LogP contribution in [0.15, 0.2) is 96.7 Å². The summed E-state index contributed by atoms with van der Waals surface area (Å²) in [5.74, 6) is 0.641. The number of rotatable bonds is 7. The van der Waals surface area contributed by atoms with Gasteiger partial charge >= 0.3 is 0 Å². The van der Waals surface area contributed by atoms with E-state index >= 15 is 0 Å². The first-order chi connectivity index (χ1) is 17.1. The zero-order valence-corrected chi connectivity index (χ0v) is 20.4. The predicted octanol–water partition coefficient (Wildman–Crippen LogP) is 6.37. The van der Waals surface area contributed by atoms with Gasteiger partial charge in [-0.3, -0.25) is 4.79 Å². The van der Waals surface area contributed by atoms with E-state index in [1.807, 2.05) is 65.3 Å². The highest BCUT2D eigenvalue weighted by atomic mass is 35.5. The molecule has 0 spiro atoms. The van der Waals surface area contributed by atoms with Crippen molar-refractivity contribution in [2.75, 3.05) is 11.9 Å². The number of hydrogen-bond acceptors (Lipinski definition) is 3. The van der Waals surface area contributed by atoms with Crippen molar-refractivity contribution in [1.29, 1.82) is 0 Å². The zero-order chi connectivity index (χ0) is 24.2. The standard InChI is InChI=1S/C28H24Cl2N4O/c29-22-14-13-21(18-23(22)30)27-25(28(35)31-16-7-10-19-8-3-1-4-9-19)26(20-11-5-2-6-12-20)33-24-15-17-32-34(24)27/h1-6,8-9,11-15,17-18,27,33H,7,10,16H2,(H,31,35). The summed E-state index contributed by atoms with van der Waals surface area (Å²) < 4.78 is 1.81. The van der Waals surface area contributed by atoms with E-state index in [1.54, 1.807) is 18.3 Å². The molecule has 4 aromatic rings. The topological polar surface area (TPSA) is 59.0 Å². The van der Waals surface area contributed by atoms with Gasteiger partial charge in [0.1, 0.15) is 11.9 Å². The van der Waals surface area contributed by atoms with E-state index in [4.69, 9.17) is 23.2 Å². The molecule has 5 rings (SSSR count). The van der Waals surface area contributed by atoms with E-state index in [0.717, 1.165) is 35.5 Å². The second-order valence-corrected chi connectivity index (χ2v) is 9.18. The summed E-state index contributed by atoms with van der Waals surface area (Å²) in [5, 5.41) is 12.0. The molecular formula is C28H24Cl2N4O. The molecular weight excluding hydrogens is 479 g/mol. The number of amides is 1. The van der Waals surface area contributed by atoms with Crippen LogP contribution in [0.25, 0.3) is 5.70 Å². The Balaban J connectivity index is 1.51. The van der Waals surface area contributed by atoms with Gasteiger partial charge in [0.2, 0.25) is 0 Å². The Morgan fingerprint density at radius 1 is 0.943 bits per heavy atom. The highest BCUT2D eigenvalue weighted by Crippen LogP contribution is 2.40. The summed E-state index contributed by atoms with van der Waals surface area (Å²) >= 11 is 12.6. The Morgan fingerprint density at radius 2 is 1.69 bits per heavy atom. The Kier molecular flexibility index (Phi) is 6.89. The van der Waals surface area contributed by atoms with Crippen LogP contribution in [0.3, 0.4) is 0 Å². The fourth-order valence-corrected chi connectivity index (χ4v) is 4.67. The molecule has 3 aromatic carbocycles. The van der Waals surface area contributed by atoms with Crippen molar-refractivity contribution >= 4 is 40.6 Å². The number of aromatic nitrogens is 2. The molecule has 0 radical (unpaired) electrons. The van der Waals surface area contributed by atoms with Crippen LogP contribution in [0.2, 0.25) is 10.0 Å². The monoisotopic (exact) mass is 502 g/mol. The number of carbonyl (C=O) groups excluding carboxylic acids is 1. The average molecular weight is 503 g/mol. The van der Waals surface area contributed by atoms with E-state index in [0.29, 0.717) is 22.2 Å². The maximum atomic E-state index is 13.8. The molecule has 7 heteroatoms. The highest BCUT2D eigenvalue weighted by molar-refractivity contribution is 6.42. The molecule has 0 aliphatic carbocycles. The lowest BCUT2D eigenvalue weighted by Gasteiger charge is -2.31. The van der Waals surface area contributed by atoms with Crippen molar-refractivity contribution in [3.8, 4) is 0 Å². The van der Waals surface area contributed by atoms with E-state index < -0.39 is 6.04 Å². The molecule has 176 valence electrons. The molecule has 0 saturated heterocycles. The van der Waals surface area contributed by atoms with Crippen molar-refractivity contribution in [3.05, 3.63) is 123 Å². The summed E-state index contributed by atoms with van der Waals surface area (Å²) in [6, 6.07) is 27.0. The number of halogens is 2. The second kappa shape index (κ2) is 10.4. The molecule has 0 bridgehead atoms. The van der Waals surface area contributed by atoms with Gasteiger partial charge < -0.3 is 10.6 Å². The number of carbonyl (C=O) groups is 1. The number of nitrogens with zero attached hydrogens (tertiary/aromatic N) is 2. The number of hydrogen-bond donors (Lipinski definition) is 2. The van der Waals surface area contributed by atoms with Crippen molar-refractivity contribution in [2.24, 2.45) is 0 Å². The van der Waals surface area contributed by atoms with Gasteiger partial charge in [0, 0.05) is 12.6 Å². The minimum atomic E-state index is -0.472. The predicted molar refractivity (Wildman–Crippen MR) is 142 cm³/mol. The summed E-state index contributed by atoms with van der Waals surface area (Å²) in [5.41, 5.74) is 4.31. The molecule has 5 nitrogen and oxygen atoms in total. The largest absolute Gasteiger partial charge is 0.352 e. The SMILES string of the molecule is O=C(NCCCc1ccccc1)C1=C(c2ccccc2)Nc2ccnn2C1c1ccc(Cl)c(Cl)c1. The summed E-state index contributed by atoms with van der Waals surface area (Å²) in [6.07, 6.45) is 3.45. The lowest BCUT2D eigenvalue weighted by Crippen LogP contribution is -2.35. The van der Waals surface area contributed by atoms with Crippen LogP contribution in [-0.4, -0.2) is 22.2 Å². The van der Waals surface area contributed by atoms with Crippen LogP contribution in [0.5, 0.6) is 0 Å². The number of aryl methyl sites for hydroxylation is 1. The van der Waals surface area contributed by atoms with Crippen molar-refractivity contribution in [1.82, 2.24) is 15.1 Å². The number of nitrogens with one attached hydrogen (secondary N) is 2. The molecule has 1 atom stereocenters. The molecule has 0 fully saturated rings. The summed E-state index contributed by atoms with van der Waals surface area (Å²) in [7, 11) is 0. The zero-order valence-electron chi connectivity index (χ0n) is 18.9. The minimum absolute atomic E-state index is 0.151. The first-order valence-corrected chi connectivity index (χ1v) is 12.2. The average Bonchev–Trinajstić information content (AvgIpc) is 3.37. The Labute approximate surface area is 214 Å². The molecule has 0 saturated carbocycles. The van der Waals surface area contributed by atoms with Crippen molar-refractivity contribution in [2.45, 2.75) is 18.9 Å². The van der Waals surface area contributed by atoms with Gasteiger partial charge in [0.05, 0.1) is 27.5 Å². The van der Waals surface area contributed by atoms with Gasteiger partial charge in [-0.2, -0.15) is 5.10 Å². The molecule has 1 aliphatic heterocycles. The van der Waals surface area contributed by atoms with Gasteiger partial charge in [-0.05, 0) is 41.7 Å². The molecule has 2 N–H and O–H groups in total. The lowest BCUT2D eigenvalue weighted by molar-refractivity contribution is -0.117. The molecule has 1 aliphatic rings. The van der Waals surface area contributed by atoms with Crippen molar-refractivity contribution in [3.63, 3.8) is 0 Å². The van der Waals surface area contributed by atoms with Crippen molar-refractivity contribution < 1.29 is 4.79 Å². The van der Waals surface area contributed by atoms with Crippen LogP contribution in [-0.2, 0) is 11.2 Å². The van der Waals surface area contributed by atoms with Gasteiger partial charge in [0.25, 0.3) is 5.91 Å². The summed E-state index contributed by atoms with van der Waals surface area (Å²) in [4.78, 5) is 13.8. The molecule has 2 heterocycles. The summed E-state index contributed by atoms with van der Waals surface area (Å²) in [6.45, 7) is 0.555. The maximum Gasteiger partial charge on any atom is 0.251 e. The smallest absolute Gasteiger partial charge is 0.251 e. The van der Waals surface area contributed by atoms with Gasteiger partial charge in [0.15, 0.2) is 0 Å². The Hall–Kier alpha value is -3.54. The Bertz CT molecular complexity index is 1370. The minimum Gasteiger partial charge on any atom is -0.352 e. The number of fused-ring (bicyclic) bond motifs is 1. The first-order valence-electron chi connectivity index (χ1n) is 11.5. The van der Waals surface area contributed by atoms with E-state index in [9.17, 15) is 4.79 Å². The van der Waals surface area contributed by atoms with Crippen LogP contribution in [0, 0.1) is 0 Å². The normalized spacial score (nSPS) is 14.9. The van der Waals surface area contributed by atoms with Gasteiger partial charge in [-0.15, -0.1) is 0 Å².